The highest BCUT2D eigenvalue weighted by Crippen LogP contribution is 2.37. The Kier molecular flexibility index (Phi) is 4.42. The molecule has 0 spiro atoms. The molecule has 0 aromatic rings. The van der Waals surface area contributed by atoms with Crippen molar-refractivity contribution >= 4 is 0 Å². The van der Waals surface area contributed by atoms with Crippen LogP contribution in [-0.2, 0) is 0 Å². The Bertz CT molecular complexity index is 131. The molecule has 1 rings (SSSR count). The van der Waals surface area contributed by atoms with E-state index in [1.807, 2.05) is 0 Å². The Labute approximate surface area is 77.1 Å². The van der Waals surface area contributed by atoms with Gasteiger partial charge in [0.15, 0.2) is 0 Å². The van der Waals surface area contributed by atoms with Crippen LogP contribution in [0.3, 0.4) is 0 Å². The molecule has 70 valence electrons. The first-order chi connectivity index (χ1) is 5.86. The minimum absolute atomic E-state index is 0.972. The molecule has 0 bridgehead atoms. The second-order valence-corrected chi connectivity index (χ2v) is 4.07. The van der Waals surface area contributed by atoms with E-state index in [4.69, 9.17) is 0 Å². The van der Waals surface area contributed by atoms with Crippen LogP contribution >= 0.6 is 0 Å². The van der Waals surface area contributed by atoms with Crippen molar-refractivity contribution in [2.75, 3.05) is 0 Å². The lowest BCUT2D eigenvalue weighted by atomic mass is 9.95. The smallest absolute Gasteiger partial charge is 0.0322 e. The first-order valence-corrected chi connectivity index (χ1v) is 5.51. The van der Waals surface area contributed by atoms with E-state index in [9.17, 15) is 0 Å². The van der Waals surface area contributed by atoms with Crippen molar-refractivity contribution in [3.05, 3.63) is 12.2 Å². The van der Waals surface area contributed by atoms with Gasteiger partial charge in [0.1, 0.15) is 0 Å². The monoisotopic (exact) mass is 166 g/mol. The average molecular weight is 166 g/mol. The van der Waals surface area contributed by atoms with Crippen LogP contribution in [0.1, 0.15) is 52.4 Å². The molecule has 0 aromatic heterocycles. The van der Waals surface area contributed by atoms with Crippen LogP contribution in [0.25, 0.3) is 0 Å². The Balaban J connectivity index is 2.10. The SMILES string of the molecule is CCC=CCC(CC)CC1CC1. The zero-order valence-corrected chi connectivity index (χ0v) is 8.55. The fourth-order valence-electron chi connectivity index (χ4n) is 1.71. The summed E-state index contributed by atoms with van der Waals surface area (Å²) in [5.74, 6) is 2.07. The molecular formula is C12H22. The average Bonchev–Trinajstić information content (AvgIpc) is 2.87. The van der Waals surface area contributed by atoms with Crippen molar-refractivity contribution in [2.45, 2.75) is 52.4 Å². The molecule has 1 fully saturated rings. The van der Waals surface area contributed by atoms with Gasteiger partial charge in [0.2, 0.25) is 0 Å². The van der Waals surface area contributed by atoms with Crippen LogP contribution in [0, 0.1) is 11.8 Å². The molecule has 0 nitrogen and oxygen atoms in total. The van der Waals surface area contributed by atoms with Gasteiger partial charge in [-0.1, -0.05) is 45.3 Å². The van der Waals surface area contributed by atoms with Crippen LogP contribution < -0.4 is 0 Å². The van der Waals surface area contributed by atoms with Gasteiger partial charge >= 0.3 is 0 Å². The van der Waals surface area contributed by atoms with Gasteiger partial charge in [0.25, 0.3) is 0 Å². The molecule has 1 unspecified atom stereocenters. The van der Waals surface area contributed by atoms with Crippen molar-refractivity contribution in [1.82, 2.24) is 0 Å². The molecule has 0 heteroatoms. The van der Waals surface area contributed by atoms with E-state index < -0.39 is 0 Å². The van der Waals surface area contributed by atoms with Crippen LogP contribution in [-0.4, -0.2) is 0 Å². The van der Waals surface area contributed by atoms with Crippen LogP contribution in [0.5, 0.6) is 0 Å². The predicted molar refractivity (Wildman–Crippen MR) is 55.2 cm³/mol. The molecule has 0 N–H and O–H groups in total. The first-order valence-electron chi connectivity index (χ1n) is 5.51. The molecule has 1 aliphatic carbocycles. The van der Waals surface area contributed by atoms with Crippen molar-refractivity contribution in [1.29, 1.82) is 0 Å². The Morgan fingerprint density at radius 1 is 1.25 bits per heavy atom. The quantitative estimate of drug-likeness (QED) is 0.519. The van der Waals surface area contributed by atoms with Gasteiger partial charge in [-0.2, -0.15) is 0 Å². The summed E-state index contributed by atoms with van der Waals surface area (Å²) < 4.78 is 0. The highest BCUT2D eigenvalue weighted by molar-refractivity contribution is 4.85. The fraction of sp³-hybridized carbons (Fsp3) is 0.833. The summed E-state index contributed by atoms with van der Waals surface area (Å²) in [7, 11) is 0. The minimum atomic E-state index is 0.972. The molecule has 0 amide bonds. The molecule has 0 aromatic carbocycles. The lowest BCUT2D eigenvalue weighted by molar-refractivity contribution is 0.447. The summed E-state index contributed by atoms with van der Waals surface area (Å²) >= 11 is 0. The molecule has 0 aliphatic heterocycles. The topological polar surface area (TPSA) is 0 Å². The van der Waals surface area contributed by atoms with Crippen LogP contribution in [0.15, 0.2) is 12.2 Å². The molecule has 0 radical (unpaired) electrons. The van der Waals surface area contributed by atoms with E-state index in [-0.39, 0.29) is 0 Å². The first kappa shape index (κ1) is 9.83. The highest BCUT2D eigenvalue weighted by atomic mass is 14.3. The molecule has 0 saturated heterocycles. The minimum Gasteiger partial charge on any atom is -0.0888 e. The summed E-state index contributed by atoms with van der Waals surface area (Å²) in [6.45, 7) is 4.53. The maximum atomic E-state index is 2.37. The second-order valence-electron chi connectivity index (χ2n) is 4.07. The summed E-state index contributed by atoms with van der Waals surface area (Å²) in [6, 6.07) is 0. The standard InChI is InChI=1S/C12H22/c1-3-5-6-7-11(4-2)10-12-8-9-12/h5-6,11-12H,3-4,7-10H2,1-2H3. The third kappa shape index (κ3) is 3.94. The van der Waals surface area contributed by atoms with E-state index >= 15 is 0 Å². The molecule has 1 atom stereocenters. The molecule has 1 saturated carbocycles. The highest BCUT2D eigenvalue weighted by Gasteiger charge is 2.23. The van der Waals surface area contributed by atoms with Crippen molar-refractivity contribution < 1.29 is 0 Å². The molecule has 1 aliphatic rings. The van der Waals surface area contributed by atoms with Gasteiger partial charge in [-0.3, -0.25) is 0 Å². The Hall–Kier alpha value is -0.260. The number of hydrogen-bond acceptors (Lipinski definition) is 0. The van der Waals surface area contributed by atoms with Gasteiger partial charge < -0.3 is 0 Å². The third-order valence-electron chi connectivity index (χ3n) is 2.81. The van der Waals surface area contributed by atoms with Gasteiger partial charge in [-0.25, -0.2) is 0 Å². The zero-order valence-electron chi connectivity index (χ0n) is 8.55. The lowest BCUT2D eigenvalue weighted by Gasteiger charge is -2.10. The summed E-state index contributed by atoms with van der Waals surface area (Å²) in [6.07, 6.45) is 13.1. The Morgan fingerprint density at radius 2 is 2.00 bits per heavy atom. The zero-order chi connectivity index (χ0) is 8.81. The van der Waals surface area contributed by atoms with Crippen molar-refractivity contribution in [3.8, 4) is 0 Å². The lowest BCUT2D eigenvalue weighted by Crippen LogP contribution is -1.97. The van der Waals surface area contributed by atoms with E-state index in [2.05, 4.69) is 26.0 Å². The number of allylic oxidation sites excluding steroid dienone is 2. The summed E-state index contributed by atoms with van der Waals surface area (Å²) in [5.41, 5.74) is 0. The third-order valence-corrected chi connectivity index (χ3v) is 2.81. The van der Waals surface area contributed by atoms with E-state index in [1.54, 1.807) is 0 Å². The van der Waals surface area contributed by atoms with Gasteiger partial charge in [-0.05, 0) is 31.1 Å². The van der Waals surface area contributed by atoms with Gasteiger partial charge in [-0.15, -0.1) is 0 Å². The fourth-order valence-corrected chi connectivity index (χ4v) is 1.71. The second kappa shape index (κ2) is 5.40. The van der Waals surface area contributed by atoms with E-state index in [0.717, 1.165) is 11.8 Å². The largest absolute Gasteiger partial charge is 0.0888 e. The summed E-state index contributed by atoms with van der Waals surface area (Å²) in [5, 5.41) is 0. The van der Waals surface area contributed by atoms with E-state index in [1.165, 1.54) is 38.5 Å². The molecule has 12 heavy (non-hydrogen) atoms. The number of hydrogen-bond donors (Lipinski definition) is 0. The van der Waals surface area contributed by atoms with Crippen molar-refractivity contribution in [2.24, 2.45) is 11.8 Å². The van der Waals surface area contributed by atoms with Crippen LogP contribution in [0.4, 0.5) is 0 Å². The molecule has 0 heterocycles. The number of rotatable bonds is 6. The van der Waals surface area contributed by atoms with Crippen LogP contribution in [0.2, 0.25) is 0 Å². The normalized spacial score (nSPS) is 20.2. The van der Waals surface area contributed by atoms with E-state index in [0.29, 0.717) is 0 Å². The molecular weight excluding hydrogens is 144 g/mol. The maximum absolute atomic E-state index is 2.37. The maximum Gasteiger partial charge on any atom is -0.0322 e. The Morgan fingerprint density at radius 3 is 2.50 bits per heavy atom. The predicted octanol–water partition coefficient (Wildman–Crippen LogP) is 4.17. The van der Waals surface area contributed by atoms with Gasteiger partial charge in [0, 0.05) is 0 Å². The van der Waals surface area contributed by atoms with Gasteiger partial charge in [0.05, 0.1) is 0 Å². The summed E-state index contributed by atoms with van der Waals surface area (Å²) in [4.78, 5) is 0. The van der Waals surface area contributed by atoms with Crippen molar-refractivity contribution in [3.63, 3.8) is 0 Å².